The first kappa shape index (κ1) is 16.1. The largest absolute Gasteiger partial charge is 0.243 e. The fourth-order valence-corrected chi connectivity index (χ4v) is 5.44. The number of halogens is 2. The first-order chi connectivity index (χ1) is 9.37. The monoisotopic (exact) mass is 337 g/mol. The maximum absolute atomic E-state index is 13.4. The number of rotatable bonds is 3. The molecule has 1 aliphatic rings. The highest BCUT2D eigenvalue weighted by molar-refractivity contribution is 8.00. The molecule has 0 spiro atoms. The van der Waals surface area contributed by atoms with Crippen molar-refractivity contribution in [2.75, 3.05) is 12.3 Å². The van der Waals surface area contributed by atoms with E-state index in [1.165, 1.54) is 16.4 Å². The second-order valence-electron chi connectivity index (χ2n) is 4.82. The van der Waals surface area contributed by atoms with E-state index in [4.69, 9.17) is 11.6 Å². The molecule has 2 rings (SSSR count). The summed E-state index contributed by atoms with van der Waals surface area (Å²) >= 11 is 7.40. The zero-order valence-corrected chi connectivity index (χ0v) is 13.7. The highest BCUT2D eigenvalue weighted by Gasteiger charge is 2.35. The van der Waals surface area contributed by atoms with Gasteiger partial charge < -0.3 is 0 Å². The van der Waals surface area contributed by atoms with Gasteiger partial charge in [-0.3, -0.25) is 0 Å². The van der Waals surface area contributed by atoms with Crippen LogP contribution < -0.4 is 0 Å². The fourth-order valence-electron chi connectivity index (χ4n) is 2.19. The average molecular weight is 338 g/mol. The average Bonchev–Trinajstić information content (AvgIpc) is 2.42. The highest BCUT2D eigenvalue weighted by atomic mass is 35.5. The molecule has 7 heteroatoms. The van der Waals surface area contributed by atoms with Crippen molar-refractivity contribution in [1.29, 1.82) is 0 Å². The summed E-state index contributed by atoms with van der Waals surface area (Å²) in [5.74, 6) is 0.250. The number of alkyl halides is 1. The molecular weight excluding hydrogens is 321 g/mol. The van der Waals surface area contributed by atoms with Crippen LogP contribution in [0.5, 0.6) is 0 Å². The van der Waals surface area contributed by atoms with Crippen LogP contribution in [0.15, 0.2) is 23.1 Å². The van der Waals surface area contributed by atoms with Crippen molar-refractivity contribution in [3.8, 4) is 0 Å². The van der Waals surface area contributed by atoms with E-state index in [9.17, 15) is 12.8 Å². The normalized spacial score (nSPS) is 24.8. The summed E-state index contributed by atoms with van der Waals surface area (Å²) in [4.78, 5) is 0.112. The molecule has 1 aliphatic heterocycles. The van der Waals surface area contributed by atoms with Crippen molar-refractivity contribution in [3.05, 3.63) is 29.6 Å². The predicted molar refractivity (Wildman–Crippen MR) is 81.2 cm³/mol. The van der Waals surface area contributed by atoms with Crippen LogP contribution in [0.4, 0.5) is 4.39 Å². The van der Waals surface area contributed by atoms with Crippen LogP contribution in [0, 0.1) is 5.82 Å². The third-order valence-corrected chi connectivity index (χ3v) is 7.20. The Kier molecular flexibility index (Phi) is 5.00. The van der Waals surface area contributed by atoms with Gasteiger partial charge >= 0.3 is 0 Å². The van der Waals surface area contributed by atoms with Crippen LogP contribution in [0.2, 0.25) is 0 Å². The van der Waals surface area contributed by atoms with Gasteiger partial charge in [-0.15, -0.1) is 11.6 Å². The molecule has 0 aliphatic carbocycles. The Morgan fingerprint density at radius 2 is 2.15 bits per heavy atom. The SMILES string of the molecule is CC1SCCN(S(=O)(=O)c2ccc(F)c(CCl)c2)C1C. The second kappa shape index (κ2) is 6.22. The third kappa shape index (κ3) is 2.98. The van der Waals surface area contributed by atoms with E-state index in [0.29, 0.717) is 6.54 Å². The van der Waals surface area contributed by atoms with Crippen molar-refractivity contribution in [3.63, 3.8) is 0 Å². The topological polar surface area (TPSA) is 37.4 Å². The predicted octanol–water partition coefficient (Wildman–Crippen LogP) is 3.08. The van der Waals surface area contributed by atoms with Gasteiger partial charge in [-0.2, -0.15) is 16.1 Å². The Balaban J connectivity index is 2.39. The summed E-state index contributed by atoms with van der Waals surface area (Å²) in [6, 6.07) is 3.72. The molecule has 0 bridgehead atoms. The van der Waals surface area contributed by atoms with Crippen molar-refractivity contribution >= 4 is 33.4 Å². The first-order valence-electron chi connectivity index (χ1n) is 6.35. The van der Waals surface area contributed by atoms with Gasteiger partial charge in [0.05, 0.1) is 10.8 Å². The van der Waals surface area contributed by atoms with Gasteiger partial charge in [0, 0.05) is 29.2 Å². The van der Waals surface area contributed by atoms with Crippen LogP contribution >= 0.6 is 23.4 Å². The van der Waals surface area contributed by atoms with Gasteiger partial charge in [-0.1, -0.05) is 6.92 Å². The summed E-state index contributed by atoms with van der Waals surface area (Å²) in [7, 11) is -3.60. The standard InChI is InChI=1S/C13H17ClFNO2S2/c1-9-10(2)19-6-5-16(9)20(17,18)12-3-4-13(15)11(7-12)8-14/h3-4,7,9-10H,5-6,8H2,1-2H3. The van der Waals surface area contributed by atoms with E-state index in [-0.39, 0.29) is 27.6 Å². The zero-order valence-electron chi connectivity index (χ0n) is 11.3. The second-order valence-corrected chi connectivity index (χ2v) is 8.46. The number of hydrogen-bond acceptors (Lipinski definition) is 3. The van der Waals surface area contributed by atoms with Gasteiger partial charge in [0.1, 0.15) is 5.82 Å². The number of hydrogen-bond donors (Lipinski definition) is 0. The molecule has 1 aromatic carbocycles. The molecule has 0 N–H and O–H groups in total. The zero-order chi connectivity index (χ0) is 14.9. The molecule has 1 aromatic rings. The molecule has 2 unspecified atom stereocenters. The van der Waals surface area contributed by atoms with Crippen LogP contribution in [0.25, 0.3) is 0 Å². The van der Waals surface area contributed by atoms with Gasteiger partial charge in [0.15, 0.2) is 0 Å². The lowest BCUT2D eigenvalue weighted by Gasteiger charge is -2.36. The maximum atomic E-state index is 13.4. The Morgan fingerprint density at radius 3 is 2.80 bits per heavy atom. The van der Waals surface area contributed by atoms with Crippen molar-refractivity contribution in [1.82, 2.24) is 4.31 Å². The molecule has 1 heterocycles. The van der Waals surface area contributed by atoms with E-state index in [0.717, 1.165) is 11.8 Å². The number of thioether (sulfide) groups is 1. The molecule has 0 aromatic heterocycles. The highest BCUT2D eigenvalue weighted by Crippen LogP contribution is 2.30. The van der Waals surface area contributed by atoms with E-state index in [1.807, 2.05) is 13.8 Å². The minimum absolute atomic E-state index is 0.0446. The molecule has 112 valence electrons. The fraction of sp³-hybridized carbons (Fsp3) is 0.538. The molecule has 20 heavy (non-hydrogen) atoms. The Bertz CT molecular complexity index is 594. The minimum Gasteiger partial charge on any atom is -0.207 e. The maximum Gasteiger partial charge on any atom is 0.243 e. The molecule has 2 atom stereocenters. The van der Waals surface area contributed by atoms with Gasteiger partial charge in [-0.25, -0.2) is 12.8 Å². The summed E-state index contributed by atoms with van der Waals surface area (Å²) in [6.45, 7) is 4.40. The van der Waals surface area contributed by atoms with E-state index >= 15 is 0 Å². The smallest absolute Gasteiger partial charge is 0.207 e. The van der Waals surface area contributed by atoms with Crippen molar-refractivity contribution < 1.29 is 12.8 Å². The Hall–Kier alpha value is -0.300. The third-order valence-electron chi connectivity index (χ3n) is 3.59. The van der Waals surface area contributed by atoms with Gasteiger partial charge in [0.25, 0.3) is 0 Å². The summed E-state index contributed by atoms with van der Waals surface area (Å²) in [5.41, 5.74) is 0.208. The molecule has 1 fully saturated rings. The number of benzene rings is 1. The molecule has 1 saturated heterocycles. The van der Waals surface area contributed by atoms with Crippen LogP contribution in [0.1, 0.15) is 19.4 Å². The molecule has 0 amide bonds. The van der Waals surface area contributed by atoms with Gasteiger partial charge in [0.2, 0.25) is 10.0 Å². The molecule has 3 nitrogen and oxygen atoms in total. The lowest BCUT2D eigenvalue weighted by atomic mass is 10.2. The Morgan fingerprint density at radius 1 is 1.45 bits per heavy atom. The lowest BCUT2D eigenvalue weighted by molar-refractivity contribution is 0.340. The molecule has 0 saturated carbocycles. The van der Waals surface area contributed by atoms with Crippen LogP contribution in [-0.4, -0.2) is 36.3 Å². The van der Waals surface area contributed by atoms with Crippen LogP contribution in [0.3, 0.4) is 0 Å². The molecular formula is C13H17ClFNO2S2. The number of sulfonamides is 1. The quantitative estimate of drug-likeness (QED) is 0.795. The van der Waals surface area contributed by atoms with E-state index < -0.39 is 15.8 Å². The minimum atomic E-state index is -3.60. The number of nitrogens with zero attached hydrogens (tertiary/aromatic N) is 1. The van der Waals surface area contributed by atoms with Crippen molar-refractivity contribution in [2.24, 2.45) is 0 Å². The van der Waals surface area contributed by atoms with Crippen molar-refractivity contribution in [2.45, 2.75) is 35.9 Å². The first-order valence-corrected chi connectivity index (χ1v) is 9.38. The van der Waals surface area contributed by atoms with E-state index in [2.05, 4.69) is 0 Å². The van der Waals surface area contributed by atoms with Crippen LogP contribution in [-0.2, 0) is 15.9 Å². The summed E-state index contributed by atoms with van der Waals surface area (Å²) in [6.07, 6.45) is 0. The van der Waals surface area contributed by atoms with E-state index in [1.54, 1.807) is 11.8 Å². The summed E-state index contributed by atoms with van der Waals surface area (Å²) in [5, 5.41) is 0.242. The summed E-state index contributed by atoms with van der Waals surface area (Å²) < 4.78 is 40.3. The van der Waals surface area contributed by atoms with Gasteiger partial charge in [-0.05, 0) is 25.1 Å². The lowest BCUT2D eigenvalue weighted by Crippen LogP contribution is -2.47. The Labute approximate surface area is 128 Å². The molecule has 0 radical (unpaired) electrons.